The maximum atomic E-state index is 13.8. The zero-order chi connectivity index (χ0) is 15.6. The van der Waals surface area contributed by atoms with Gasteiger partial charge in [-0.25, -0.2) is 22.8 Å². The Bertz CT molecular complexity index is 750. The molecule has 2 aromatic heterocycles. The first-order valence-corrected chi connectivity index (χ1v) is 9.41. The molecule has 1 saturated heterocycles. The number of hydrogen-bond donors (Lipinski definition) is 1. The van der Waals surface area contributed by atoms with E-state index in [0.29, 0.717) is 5.56 Å². The monoisotopic (exact) mass is 343 g/mol. The number of ether oxygens (including phenoxy) is 1. The number of sulfone groups is 1. The largest absolute Gasteiger partial charge is 0.374 e. The lowest BCUT2D eigenvalue weighted by molar-refractivity contribution is 0.0807. The van der Waals surface area contributed by atoms with Crippen molar-refractivity contribution >= 4 is 27.1 Å². The summed E-state index contributed by atoms with van der Waals surface area (Å²) in [6.45, 7) is 0.451. The number of anilines is 1. The van der Waals surface area contributed by atoms with E-state index >= 15 is 0 Å². The number of rotatable bonds is 4. The van der Waals surface area contributed by atoms with Gasteiger partial charge in [0.05, 0.1) is 30.4 Å². The van der Waals surface area contributed by atoms with Crippen molar-refractivity contribution < 1.29 is 17.5 Å². The van der Waals surface area contributed by atoms with Crippen molar-refractivity contribution in [3.05, 3.63) is 28.8 Å². The minimum absolute atomic E-state index is 0.0292. The first-order valence-electron chi connectivity index (χ1n) is 6.64. The molecule has 3 heterocycles. The molecule has 0 spiro atoms. The van der Waals surface area contributed by atoms with Crippen molar-refractivity contribution in [2.24, 2.45) is 0 Å². The lowest BCUT2D eigenvalue weighted by Crippen LogP contribution is -2.38. The number of aromatic nitrogens is 2. The first kappa shape index (κ1) is 15.3. The third-order valence-corrected chi connectivity index (χ3v) is 5.57. The van der Waals surface area contributed by atoms with E-state index in [0.717, 1.165) is 6.20 Å². The van der Waals surface area contributed by atoms with Crippen LogP contribution in [0.5, 0.6) is 0 Å². The molecule has 1 N–H and O–H groups in total. The zero-order valence-electron chi connectivity index (χ0n) is 11.5. The predicted octanol–water partition coefficient (Wildman–Crippen LogP) is 1.57. The highest BCUT2D eigenvalue weighted by Gasteiger charge is 2.25. The molecule has 1 aliphatic rings. The van der Waals surface area contributed by atoms with E-state index in [1.807, 2.05) is 5.38 Å². The highest BCUT2D eigenvalue weighted by molar-refractivity contribution is 7.91. The molecule has 0 saturated carbocycles. The molecular formula is C13H14FN3O3S2. The number of halogens is 1. The molecule has 3 rings (SSSR count). The molecule has 118 valence electrons. The zero-order valence-corrected chi connectivity index (χ0v) is 13.2. The Balaban J connectivity index is 1.70. The van der Waals surface area contributed by atoms with Gasteiger partial charge in [0.2, 0.25) is 5.95 Å². The van der Waals surface area contributed by atoms with Gasteiger partial charge in [-0.2, -0.15) is 11.3 Å². The summed E-state index contributed by atoms with van der Waals surface area (Å²) in [6, 6.07) is 1.77. The van der Waals surface area contributed by atoms with Gasteiger partial charge < -0.3 is 10.1 Å². The van der Waals surface area contributed by atoms with Crippen LogP contribution in [-0.2, 0) is 14.6 Å². The Labute approximate surface area is 131 Å². The summed E-state index contributed by atoms with van der Waals surface area (Å²) < 4.78 is 42.2. The molecular weight excluding hydrogens is 329 g/mol. The van der Waals surface area contributed by atoms with Gasteiger partial charge in [0.1, 0.15) is 5.69 Å². The molecule has 0 aliphatic carbocycles. The number of nitrogens with one attached hydrogen (secondary N) is 1. The molecule has 6 nitrogen and oxygen atoms in total. The van der Waals surface area contributed by atoms with E-state index in [2.05, 4.69) is 15.3 Å². The molecule has 1 fully saturated rings. The van der Waals surface area contributed by atoms with Crippen molar-refractivity contribution in [2.75, 3.05) is 30.0 Å². The predicted molar refractivity (Wildman–Crippen MR) is 82.2 cm³/mol. The highest BCUT2D eigenvalue weighted by Crippen LogP contribution is 2.23. The Kier molecular flexibility index (Phi) is 4.37. The molecule has 1 aliphatic heterocycles. The molecule has 0 amide bonds. The minimum Gasteiger partial charge on any atom is -0.374 e. The van der Waals surface area contributed by atoms with Gasteiger partial charge in [-0.3, -0.25) is 0 Å². The summed E-state index contributed by atoms with van der Waals surface area (Å²) in [4.78, 5) is 8.01. The number of thiophene rings is 1. The Morgan fingerprint density at radius 2 is 2.36 bits per heavy atom. The first-order chi connectivity index (χ1) is 10.5. The Hall–Kier alpha value is -1.58. The fraction of sp³-hybridized carbons (Fsp3) is 0.385. The summed E-state index contributed by atoms with van der Waals surface area (Å²) in [5.74, 6) is -0.230. The third-order valence-electron chi connectivity index (χ3n) is 3.21. The minimum atomic E-state index is -3.05. The fourth-order valence-corrected chi connectivity index (χ4v) is 4.07. The lowest BCUT2D eigenvalue weighted by atomic mass is 10.2. The van der Waals surface area contributed by atoms with Crippen LogP contribution >= 0.6 is 11.3 Å². The van der Waals surface area contributed by atoms with Crippen molar-refractivity contribution in [2.45, 2.75) is 6.10 Å². The van der Waals surface area contributed by atoms with Crippen molar-refractivity contribution in [1.29, 1.82) is 0 Å². The van der Waals surface area contributed by atoms with Crippen molar-refractivity contribution in [1.82, 2.24) is 9.97 Å². The molecule has 0 radical (unpaired) electrons. The van der Waals surface area contributed by atoms with Gasteiger partial charge in [-0.1, -0.05) is 0 Å². The van der Waals surface area contributed by atoms with Crippen LogP contribution in [0.4, 0.5) is 10.3 Å². The smallest absolute Gasteiger partial charge is 0.223 e. The second-order valence-corrected chi connectivity index (χ2v) is 7.90. The average molecular weight is 343 g/mol. The van der Waals surface area contributed by atoms with Crippen LogP contribution < -0.4 is 5.32 Å². The van der Waals surface area contributed by atoms with Crippen LogP contribution in [0.3, 0.4) is 0 Å². The van der Waals surface area contributed by atoms with Gasteiger partial charge in [0.25, 0.3) is 0 Å². The number of hydrogen-bond acceptors (Lipinski definition) is 7. The van der Waals surface area contributed by atoms with E-state index in [9.17, 15) is 12.8 Å². The summed E-state index contributed by atoms with van der Waals surface area (Å²) in [5.41, 5.74) is 0.903. The molecule has 22 heavy (non-hydrogen) atoms. The number of nitrogens with zero attached hydrogens (tertiary/aromatic N) is 2. The second kappa shape index (κ2) is 6.27. The van der Waals surface area contributed by atoms with Crippen LogP contribution in [0.25, 0.3) is 11.3 Å². The van der Waals surface area contributed by atoms with Crippen LogP contribution in [0.2, 0.25) is 0 Å². The molecule has 2 aromatic rings. The molecule has 0 unspecified atom stereocenters. The van der Waals surface area contributed by atoms with E-state index in [4.69, 9.17) is 4.74 Å². The van der Waals surface area contributed by atoms with Gasteiger partial charge in [-0.15, -0.1) is 0 Å². The Morgan fingerprint density at radius 1 is 1.50 bits per heavy atom. The van der Waals surface area contributed by atoms with Crippen LogP contribution in [0, 0.1) is 5.82 Å². The lowest BCUT2D eigenvalue weighted by Gasteiger charge is -2.22. The maximum Gasteiger partial charge on any atom is 0.223 e. The Morgan fingerprint density at radius 3 is 3.09 bits per heavy atom. The van der Waals surface area contributed by atoms with Gasteiger partial charge in [0, 0.05) is 17.5 Å². The van der Waals surface area contributed by atoms with Crippen molar-refractivity contribution in [3.63, 3.8) is 0 Å². The molecule has 0 aromatic carbocycles. The van der Waals surface area contributed by atoms with Crippen molar-refractivity contribution in [3.8, 4) is 11.3 Å². The summed E-state index contributed by atoms with van der Waals surface area (Å²) >= 11 is 1.45. The molecule has 0 bridgehead atoms. The van der Waals surface area contributed by atoms with E-state index < -0.39 is 21.8 Å². The molecule has 9 heteroatoms. The standard InChI is InChI=1S/C13H14FN3O3S2/c14-11-6-16-13(17-12(11)9-1-3-21-7-9)15-5-10-8-22(18,19)4-2-20-10/h1,3,6-7,10H,2,4-5,8H2,(H,15,16,17)/t10-/m1/s1. The fourth-order valence-electron chi connectivity index (χ4n) is 2.13. The topological polar surface area (TPSA) is 81.2 Å². The van der Waals surface area contributed by atoms with Crippen LogP contribution in [0.1, 0.15) is 0 Å². The van der Waals surface area contributed by atoms with Gasteiger partial charge in [-0.05, 0) is 11.4 Å². The third kappa shape index (κ3) is 3.60. The van der Waals surface area contributed by atoms with Crippen LogP contribution in [-0.4, -0.2) is 49.1 Å². The van der Waals surface area contributed by atoms with E-state index in [1.54, 1.807) is 11.4 Å². The van der Waals surface area contributed by atoms with E-state index in [1.165, 1.54) is 11.3 Å². The second-order valence-electron chi connectivity index (χ2n) is 4.89. The summed E-state index contributed by atoms with van der Waals surface area (Å²) in [5, 5.41) is 6.54. The normalized spacial score (nSPS) is 20.7. The maximum absolute atomic E-state index is 13.8. The summed E-state index contributed by atoms with van der Waals surface area (Å²) in [7, 11) is -3.05. The summed E-state index contributed by atoms with van der Waals surface area (Å²) in [6.07, 6.45) is 0.651. The average Bonchev–Trinajstić information content (AvgIpc) is 2.99. The SMILES string of the molecule is O=S1(=O)CCO[C@H](CNc2ncc(F)c(-c3ccsc3)n2)C1. The quantitative estimate of drug-likeness (QED) is 0.907. The molecule has 1 atom stereocenters. The van der Waals surface area contributed by atoms with E-state index in [-0.39, 0.29) is 36.3 Å². The van der Waals surface area contributed by atoms with Crippen LogP contribution in [0.15, 0.2) is 23.0 Å². The highest BCUT2D eigenvalue weighted by atomic mass is 32.2. The van der Waals surface area contributed by atoms with Gasteiger partial charge >= 0.3 is 0 Å². The van der Waals surface area contributed by atoms with Gasteiger partial charge in [0.15, 0.2) is 15.7 Å².